The lowest BCUT2D eigenvalue weighted by molar-refractivity contribution is 0.146. The van der Waals surface area contributed by atoms with Crippen molar-refractivity contribution in [2.45, 2.75) is 25.3 Å². The molecule has 3 rings (SSSR count). The molecule has 0 aliphatic heterocycles. The molecule has 1 fully saturated rings. The first-order valence-corrected chi connectivity index (χ1v) is 6.40. The van der Waals surface area contributed by atoms with Crippen LogP contribution in [0.4, 0.5) is 8.78 Å². The normalized spacial score (nSPS) is 16.8. The molecule has 2 heterocycles. The number of hydrogen-bond donors (Lipinski definition) is 0. The van der Waals surface area contributed by atoms with Crippen molar-refractivity contribution >= 4 is 13.3 Å². The van der Waals surface area contributed by atoms with Crippen molar-refractivity contribution in [3.05, 3.63) is 42.0 Å². The molecule has 0 N–H and O–H groups in total. The summed E-state index contributed by atoms with van der Waals surface area (Å²) in [6.07, 6.45) is 5.16. The summed E-state index contributed by atoms with van der Waals surface area (Å²) in [6, 6.07) is 3.27. The number of nitrogens with zero attached hydrogens (tertiary/aromatic N) is 3. The summed E-state index contributed by atoms with van der Waals surface area (Å²) >= 11 is 0. The van der Waals surface area contributed by atoms with Gasteiger partial charge in [0, 0.05) is 18.6 Å². The van der Waals surface area contributed by atoms with Crippen LogP contribution < -0.4 is 5.46 Å². The molecule has 0 spiro atoms. The van der Waals surface area contributed by atoms with Crippen LogP contribution in [-0.2, 0) is 0 Å². The number of rotatable bonds is 4. The average Bonchev–Trinajstić information content (AvgIpc) is 3.13. The second-order valence-corrected chi connectivity index (χ2v) is 5.10. The van der Waals surface area contributed by atoms with Crippen LogP contribution in [0.3, 0.4) is 0 Å². The van der Waals surface area contributed by atoms with Crippen LogP contribution in [0.1, 0.15) is 36.6 Å². The molecule has 1 saturated carbocycles. The molecule has 0 saturated heterocycles. The molecule has 2 aromatic rings. The fourth-order valence-electron chi connectivity index (χ4n) is 2.36. The molecule has 1 aliphatic carbocycles. The third-order valence-electron chi connectivity index (χ3n) is 3.46. The topological polar surface area (TPSA) is 30.7 Å². The van der Waals surface area contributed by atoms with Gasteiger partial charge in [-0.05, 0) is 30.4 Å². The molecular formula is C13H14BF2N3. The van der Waals surface area contributed by atoms with Gasteiger partial charge in [0.15, 0.2) is 0 Å². The van der Waals surface area contributed by atoms with Gasteiger partial charge >= 0.3 is 0 Å². The van der Waals surface area contributed by atoms with E-state index in [-0.39, 0.29) is 11.7 Å². The van der Waals surface area contributed by atoms with Crippen molar-refractivity contribution in [3.8, 4) is 0 Å². The number of aromatic nitrogens is 3. The molecule has 3 nitrogen and oxygen atoms in total. The van der Waals surface area contributed by atoms with E-state index in [1.54, 1.807) is 12.3 Å². The maximum atomic E-state index is 12.5. The van der Waals surface area contributed by atoms with Gasteiger partial charge in [0.2, 0.25) is 0 Å². The first kappa shape index (κ1) is 12.3. The molecule has 0 amide bonds. The lowest BCUT2D eigenvalue weighted by Gasteiger charge is -2.17. The number of pyridine rings is 1. The van der Waals surface area contributed by atoms with Gasteiger partial charge in [-0.1, -0.05) is 11.5 Å². The molecule has 6 heteroatoms. The number of halogens is 2. The minimum absolute atomic E-state index is 0.118. The van der Waals surface area contributed by atoms with Crippen LogP contribution >= 0.6 is 0 Å². The summed E-state index contributed by atoms with van der Waals surface area (Å²) in [5.41, 5.74) is 1.88. The van der Waals surface area contributed by atoms with Gasteiger partial charge in [-0.3, -0.25) is 9.67 Å². The fraction of sp³-hybridized carbons (Fsp3) is 0.385. The van der Waals surface area contributed by atoms with Gasteiger partial charge in [0.05, 0.1) is 6.04 Å². The minimum atomic E-state index is -2.51. The highest BCUT2D eigenvalue weighted by Crippen LogP contribution is 2.42. The lowest BCUT2D eigenvalue weighted by Crippen LogP contribution is -2.14. The van der Waals surface area contributed by atoms with Crippen molar-refractivity contribution < 1.29 is 8.78 Å². The van der Waals surface area contributed by atoms with E-state index < -0.39 is 6.43 Å². The Morgan fingerprint density at radius 3 is 2.53 bits per heavy atom. The Labute approximate surface area is 111 Å². The average molecular weight is 261 g/mol. The largest absolute Gasteiger partial charge is 0.280 e. The molecule has 98 valence electrons. The zero-order valence-corrected chi connectivity index (χ0v) is 10.6. The van der Waals surface area contributed by atoms with Gasteiger partial charge in [-0.2, -0.15) is 5.10 Å². The summed E-state index contributed by atoms with van der Waals surface area (Å²) < 4.78 is 27.0. The predicted molar refractivity (Wildman–Crippen MR) is 70.5 cm³/mol. The summed E-state index contributed by atoms with van der Waals surface area (Å²) in [5, 5.41) is 4.35. The highest BCUT2D eigenvalue weighted by atomic mass is 19.3. The second-order valence-electron chi connectivity index (χ2n) is 5.10. The highest BCUT2D eigenvalue weighted by molar-refractivity contribution is 6.31. The summed E-state index contributed by atoms with van der Waals surface area (Å²) in [6.45, 7) is 0. The molecule has 0 aromatic carbocycles. The summed E-state index contributed by atoms with van der Waals surface area (Å²) in [7, 11) is 1.99. The SMILES string of the molecule is Bc1cnn(C(c2ccc(C(F)F)nc2)C2CC2)c1. The van der Waals surface area contributed by atoms with E-state index in [2.05, 4.69) is 10.1 Å². The fourth-order valence-corrected chi connectivity index (χ4v) is 2.36. The first-order chi connectivity index (χ1) is 9.15. The van der Waals surface area contributed by atoms with Crippen LogP contribution in [0.2, 0.25) is 0 Å². The number of alkyl halides is 2. The van der Waals surface area contributed by atoms with Gasteiger partial charge in [0.25, 0.3) is 6.43 Å². The van der Waals surface area contributed by atoms with Gasteiger partial charge in [-0.15, -0.1) is 0 Å². The molecule has 19 heavy (non-hydrogen) atoms. The Kier molecular flexibility index (Phi) is 3.08. The predicted octanol–water partition coefficient (Wildman–Crippen LogP) is 1.47. The quantitative estimate of drug-likeness (QED) is 0.780. The first-order valence-electron chi connectivity index (χ1n) is 6.40. The molecule has 0 bridgehead atoms. The Morgan fingerprint density at radius 1 is 1.26 bits per heavy atom. The van der Waals surface area contributed by atoms with Gasteiger partial charge in [-0.25, -0.2) is 8.78 Å². The van der Waals surface area contributed by atoms with Crippen molar-refractivity contribution in [2.75, 3.05) is 0 Å². The molecule has 1 atom stereocenters. The number of hydrogen-bond acceptors (Lipinski definition) is 2. The lowest BCUT2D eigenvalue weighted by atomic mass is 10.0. The van der Waals surface area contributed by atoms with Crippen molar-refractivity contribution in [2.24, 2.45) is 5.92 Å². The maximum absolute atomic E-state index is 12.5. The minimum Gasteiger partial charge on any atom is -0.266 e. The molecule has 1 aliphatic rings. The molecular weight excluding hydrogens is 247 g/mol. The van der Waals surface area contributed by atoms with Crippen molar-refractivity contribution in [3.63, 3.8) is 0 Å². The van der Waals surface area contributed by atoms with Crippen LogP contribution in [-0.4, -0.2) is 22.6 Å². The summed E-state index contributed by atoms with van der Waals surface area (Å²) in [5.74, 6) is 0.540. The maximum Gasteiger partial charge on any atom is 0.280 e. The van der Waals surface area contributed by atoms with E-state index in [4.69, 9.17) is 0 Å². The van der Waals surface area contributed by atoms with Crippen LogP contribution in [0.5, 0.6) is 0 Å². The van der Waals surface area contributed by atoms with E-state index in [0.717, 1.165) is 23.9 Å². The Morgan fingerprint density at radius 2 is 2.05 bits per heavy atom. The third-order valence-corrected chi connectivity index (χ3v) is 3.46. The second kappa shape index (κ2) is 4.76. The molecule has 2 aromatic heterocycles. The zero-order chi connectivity index (χ0) is 13.4. The standard InChI is InChI=1S/C13H14BF2N3/c14-10-6-18-19(7-10)12(8-1-2-8)9-3-4-11(13(15)16)17-5-9/h3-8,12-13H,1-2,14H2. The van der Waals surface area contributed by atoms with Crippen molar-refractivity contribution in [1.82, 2.24) is 14.8 Å². The van der Waals surface area contributed by atoms with Gasteiger partial charge in [0.1, 0.15) is 13.5 Å². The molecule has 1 unspecified atom stereocenters. The molecule has 0 radical (unpaired) electrons. The van der Waals surface area contributed by atoms with Crippen LogP contribution in [0, 0.1) is 5.92 Å². The van der Waals surface area contributed by atoms with E-state index in [1.165, 1.54) is 6.07 Å². The van der Waals surface area contributed by atoms with E-state index in [9.17, 15) is 8.78 Å². The van der Waals surface area contributed by atoms with Crippen LogP contribution in [0.15, 0.2) is 30.7 Å². The third kappa shape index (κ3) is 2.52. The zero-order valence-electron chi connectivity index (χ0n) is 10.6. The van der Waals surface area contributed by atoms with E-state index >= 15 is 0 Å². The summed E-state index contributed by atoms with van der Waals surface area (Å²) in [4.78, 5) is 3.85. The van der Waals surface area contributed by atoms with Crippen molar-refractivity contribution in [1.29, 1.82) is 0 Å². The van der Waals surface area contributed by atoms with Gasteiger partial charge < -0.3 is 0 Å². The van der Waals surface area contributed by atoms with E-state index in [0.29, 0.717) is 5.92 Å². The monoisotopic (exact) mass is 261 g/mol. The van der Waals surface area contributed by atoms with E-state index in [1.807, 2.05) is 24.9 Å². The Bertz CT molecular complexity index is 564. The Hall–Kier alpha value is -1.72. The van der Waals surface area contributed by atoms with Crippen LogP contribution in [0.25, 0.3) is 0 Å². The highest BCUT2D eigenvalue weighted by Gasteiger charge is 2.34. The smallest absolute Gasteiger partial charge is 0.266 e. The Balaban J connectivity index is 1.92.